The Kier molecular flexibility index (Phi) is 4.45. The van der Waals surface area contributed by atoms with E-state index in [-0.39, 0.29) is 5.92 Å². The molecule has 0 amide bonds. The van der Waals surface area contributed by atoms with Gasteiger partial charge in [0.15, 0.2) is 0 Å². The lowest BCUT2D eigenvalue weighted by Gasteiger charge is -2.14. The van der Waals surface area contributed by atoms with Crippen LogP contribution in [0, 0.1) is 6.92 Å². The molecule has 1 aromatic heterocycles. The first-order chi connectivity index (χ1) is 9.15. The molecule has 0 aliphatic carbocycles. The van der Waals surface area contributed by atoms with Gasteiger partial charge in [-0.2, -0.15) is 5.10 Å². The van der Waals surface area contributed by atoms with Crippen molar-refractivity contribution in [3.05, 3.63) is 46.2 Å². The fourth-order valence-corrected chi connectivity index (χ4v) is 2.30. The van der Waals surface area contributed by atoms with Crippen LogP contribution in [-0.4, -0.2) is 23.3 Å². The van der Waals surface area contributed by atoms with E-state index < -0.39 is 0 Å². The van der Waals surface area contributed by atoms with Crippen molar-refractivity contribution in [2.75, 3.05) is 13.2 Å². The Labute approximate surface area is 117 Å². The molecule has 0 fully saturated rings. The zero-order valence-electron chi connectivity index (χ0n) is 11.1. The molecule has 5 heteroatoms. The van der Waals surface area contributed by atoms with Gasteiger partial charge < -0.3 is 10.5 Å². The van der Waals surface area contributed by atoms with E-state index in [0.717, 1.165) is 17.0 Å². The molecule has 1 heterocycles. The number of aryl methyl sites for hydroxylation is 1. The smallest absolute Gasteiger partial charge is 0.137 e. The second-order valence-corrected chi connectivity index (χ2v) is 4.79. The second-order valence-electron chi connectivity index (χ2n) is 4.39. The number of halogens is 1. The van der Waals surface area contributed by atoms with E-state index in [1.807, 2.05) is 38.1 Å². The largest absolute Gasteiger partial charge is 0.492 e. The summed E-state index contributed by atoms with van der Waals surface area (Å²) in [6.07, 6.45) is 0. The Balaban J connectivity index is 2.31. The molecule has 2 rings (SSSR count). The van der Waals surface area contributed by atoms with Crippen LogP contribution in [0.5, 0.6) is 5.75 Å². The fourth-order valence-electron chi connectivity index (χ4n) is 2.05. The molecule has 0 saturated heterocycles. The predicted octanol–water partition coefficient (Wildman–Crippen LogP) is 2.86. The first-order valence-electron chi connectivity index (χ1n) is 6.30. The molecule has 0 radical (unpaired) electrons. The van der Waals surface area contributed by atoms with Crippen LogP contribution in [0.1, 0.15) is 29.8 Å². The van der Waals surface area contributed by atoms with Crippen LogP contribution < -0.4 is 10.5 Å². The SMILES string of the molecule is CCOc1ccc(C(CN)c2cc(C)[nH]n2)cc1Cl. The third-order valence-corrected chi connectivity index (χ3v) is 3.27. The minimum Gasteiger partial charge on any atom is -0.492 e. The zero-order valence-corrected chi connectivity index (χ0v) is 11.9. The van der Waals surface area contributed by atoms with E-state index in [4.69, 9.17) is 22.1 Å². The Morgan fingerprint density at radius 2 is 2.21 bits per heavy atom. The van der Waals surface area contributed by atoms with Gasteiger partial charge >= 0.3 is 0 Å². The molecule has 4 nitrogen and oxygen atoms in total. The molecule has 0 spiro atoms. The van der Waals surface area contributed by atoms with E-state index in [9.17, 15) is 0 Å². The number of nitrogens with two attached hydrogens (primary N) is 1. The summed E-state index contributed by atoms with van der Waals surface area (Å²) >= 11 is 6.21. The standard InChI is InChI=1S/C14H18ClN3O/c1-3-19-14-5-4-10(7-12(14)15)11(8-16)13-6-9(2)17-18-13/h4-7,11H,3,8,16H2,1-2H3,(H,17,18). The lowest BCUT2D eigenvalue weighted by Crippen LogP contribution is -2.14. The maximum Gasteiger partial charge on any atom is 0.137 e. The lowest BCUT2D eigenvalue weighted by atomic mass is 9.95. The fraction of sp³-hybridized carbons (Fsp3) is 0.357. The molecule has 1 atom stereocenters. The average Bonchev–Trinajstić information content (AvgIpc) is 2.80. The molecule has 3 N–H and O–H groups in total. The number of aromatic nitrogens is 2. The Morgan fingerprint density at radius 3 is 2.74 bits per heavy atom. The number of rotatable bonds is 5. The van der Waals surface area contributed by atoms with Crippen LogP contribution in [0.15, 0.2) is 24.3 Å². The van der Waals surface area contributed by atoms with Crippen LogP contribution in [-0.2, 0) is 0 Å². The van der Waals surface area contributed by atoms with Crippen molar-refractivity contribution >= 4 is 11.6 Å². The third kappa shape index (κ3) is 3.08. The summed E-state index contributed by atoms with van der Waals surface area (Å²) in [6, 6.07) is 7.76. The molecule has 1 aromatic carbocycles. The van der Waals surface area contributed by atoms with Crippen LogP contribution in [0.25, 0.3) is 0 Å². The molecular formula is C14H18ClN3O. The highest BCUT2D eigenvalue weighted by Crippen LogP contribution is 2.30. The van der Waals surface area contributed by atoms with Crippen molar-refractivity contribution in [2.24, 2.45) is 5.73 Å². The average molecular weight is 280 g/mol. The van der Waals surface area contributed by atoms with E-state index in [1.165, 1.54) is 0 Å². The number of hydrogen-bond donors (Lipinski definition) is 2. The van der Waals surface area contributed by atoms with Crippen LogP contribution in [0.3, 0.4) is 0 Å². The Bertz CT molecular complexity index is 553. The van der Waals surface area contributed by atoms with E-state index in [2.05, 4.69) is 10.2 Å². The predicted molar refractivity (Wildman–Crippen MR) is 76.8 cm³/mol. The minimum absolute atomic E-state index is 0.0399. The lowest BCUT2D eigenvalue weighted by molar-refractivity contribution is 0.340. The Hall–Kier alpha value is -1.52. The molecule has 0 bridgehead atoms. The first kappa shape index (κ1) is 13.9. The van der Waals surface area contributed by atoms with Crippen molar-refractivity contribution in [3.63, 3.8) is 0 Å². The molecule has 102 valence electrons. The van der Waals surface area contributed by atoms with Crippen molar-refractivity contribution in [3.8, 4) is 5.75 Å². The molecular weight excluding hydrogens is 262 g/mol. The number of ether oxygens (including phenoxy) is 1. The van der Waals surface area contributed by atoms with Crippen molar-refractivity contribution < 1.29 is 4.74 Å². The summed E-state index contributed by atoms with van der Waals surface area (Å²) in [5.41, 5.74) is 8.86. The molecule has 0 aliphatic heterocycles. The molecule has 19 heavy (non-hydrogen) atoms. The zero-order chi connectivity index (χ0) is 13.8. The van der Waals surface area contributed by atoms with Gasteiger partial charge in [0.2, 0.25) is 0 Å². The number of hydrogen-bond acceptors (Lipinski definition) is 3. The van der Waals surface area contributed by atoms with Gasteiger partial charge in [-0.25, -0.2) is 0 Å². The van der Waals surface area contributed by atoms with Gasteiger partial charge in [-0.05, 0) is 37.6 Å². The summed E-state index contributed by atoms with van der Waals surface area (Å²) in [5, 5.41) is 7.81. The van der Waals surface area contributed by atoms with Crippen molar-refractivity contribution in [1.82, 2.24) is 10.2 Å². The van der Waals surface area contributed by atoms with E-state index in [1.54, 1.807) is 0 Å². The number of H-pyrrole nitrogens is 1. The van der Waals surface area contributed by atoms with Crippen LogP contribution in [0.2, 0.25) is 5.02 Å². The van der Waals surface area contributed by atoms with Gasteiger partial charge in [0, 0.05) is 18.2 Å². The third-order valence-electron chi connectivity index (χ3n) is 2.98. The van der Waals surface area contributed by atoms with Crippen LogP contribution in [0.4, 0.5) is 0 Å². The van der Waals surface area contributed by atoms with Crippen molar-refractivity contribution in [1.29, 1.82) is 0 Å². The topological polar surface area (TPSA) is 63.9 Å². The van der Waals surface area contributed by atoms with Gasteiger partial charge in [-0.3, -0.25) is 5.10 Å². The van der Waals surface area contributed by atoms with Gasteiger partial charge in [0.25, 0.3) is 0 Å². The maximum atomic E-state index is 6.21. The highest BCUT2D eigenvalue weighted by Gasteiger charge is 2.16. The minimum atomic E-state index is 0.0399. The second kappa shape index (κ2) is 6.08. The van der Waals surface area contributed by atoms with E-state index in [0.29, 0.717) is 23.9 Å². The summed E-state index contributed by atoms with van der Waals surface area (Å²) in [7, 11) is 0. The number of aromatic amines is 1. The van der Waals surface area contributed by atoms with Gasteiger partial charge in [-0.15, -0.1) is 0 Å². The quantitative estimate of drug-likeness (QED) is 0.884. The Morgan fingerprint density at radius 1 is 1.42 bits per heavy atom. The highest BCUT2D eigenvalue weighted by molar-refractivity contribution is 6.32. The highest BCUT2D eigenvalue weighted by atomic mass is 35.5. The van der Waals surface area contributed by atoms with Gasteiger partial charge in [0.05, 0.1) is 17.3 Å². The maximum absolute atomic E-state index is 6.21. The summed E-state index contributed by atoms with van der Waals surface area (Å²) in [5.74, 6) is 0.736. The number of nitrogens with zero attached hydrogens (tertiary/aromatic N) is 1. The summed E-state index contributed by atoms with van der Waals surface area (Å²) in [4.78, 5) is 0. The number of nitrogens with one attached hydrogen (secondary N) is 1. The van der Waals surface area contributed by atoms with Gasteiger partial charge in [0.1, 0.15) is 5.75 Å². The molecule has 1 unspecified atom stereocenters. The molecule has 0 aliphatic rings. The van der Waals surface area contributed by atoms with Crippen LogP contribution >= 0.6 is 11.6 Å². The van der Waals surface area contributed by atoms with Gasteiger partial charge in [-0.1, -0.05) is 17.7 Å². The monoisotopic (exact) mass is 279 g/mol. The number of benzene rings is 1. The molecule has 2 aromatic rings. The summed E-state index contributed by atoms with van der Waals surface area (Å²) in [6.45, 7) is 4.97. The summed E-state index contributed by atoms with van der Waals surface area (Å²) < 4.78 is 5.43. The van der Waals surface area contributed by atoms with E-state index >= 15 is 0 Å². The first-order valence-corrected chi connectivity index (χ1v) is 6.67. The normalized spacial score (nSPS) is 12.4. The molecule has 0 saturated carbocycles. The van der Waals surface area contributed by atoms with Crippen molar-refractivity contribution in [2.45, 2.75) is 19.8 Å².